The van der Waals surface area contributed by atoms with E-state index in [1.54, 1.807) is 0 Å². The molecule has 0 saturated heterocycles. The highest BCUT2D eigenvalue weighted by Gasteiger charge is 2.22. The minimum absolute atomic E-state index is 0.00530. The minimum Gasteiger partial charge on any atom is -0.493 e. The van der Waals surface area contributed by atoms with Crippen molar-refractivity contribution in [3.05, 3.63) is 46.8 Å². The SMILES string of the molecule is Cc1cc(CCCCCOc2ccc(C3=NCCO3)cc2C(C)(C)C)on1. The minimum atomic E-state index is -0.00530. The van der Waals surface area contributed by atoms with Crippen LogP contribution >= 0.6 is 0 Å². The van der Waals surface area contributed by atoms with E-state index in [0.717, 1.165) is 67.5 Å². The predicted octanol–water partition coefficient (Wildman–Crippen LogP) is 4.85. The first-order chi connectivity index (χ1) is 12.9. The van der Waals surface area contributed by atoms with E-state index in [-0.39, 0.29) is 5.41 Å². The van der Waals surface area contributed by atoms with Gasteiger partial charge in [0.2, 0.25) is 5.90 Å². The van der Waals surface area contributed by atoms with E-state index in [2.05, 4.69) is 43.1 Å². The molecule has 0 fully saturated rings. The molecule has 1 aromatic heterocycles. The molecular formula is C22H30N2O3. The van der Waals surface area contributed by atoms with Gasteiger partial charge in [0.05, 0.1) is 18.8 Å². The summed E-state index contributed by atoms with van der Waals surface area (Å²) < 4.78 is 17.0. The van der Waals surface area contributed by atoms with Crippen LogP contribution in [0.1, 0.15) is 62.6 Å². The lowest BCUT2D eigenvalue weighted by molar-refractivity contribution is 0.295. The lowest BCUT2D eigenvalue weighted by Crippen LogP contribution is -2.15. The first-order valence-electron chi connectivity index (χ1n) is 9.80. The van der Waals surface area contributed by atoms with Gasteiger partial charge in [-0.25, -0.2) is 4.99 Å². The number of rotatable bonds is 8. The third-order valence-electron chi connectivity index (χ3n) is 4.62. The summed E-state index contributed by atoms with van der Waals surface area (Å²) in [6, 6.07) is 8.26. The molecule has 146 valence electrons. The molecule has 0 atom stereocenters. The molecule has 5 heteroatoms. The Morgan fingerprint density at radius 2 is 1.96 bits per heavy atom. The highest BCUT2D eigenvalue weighted by molar-refractivity contribution is 5.95. The van der Waals surface area contributed by atoms with Gasteiger partial charge in [0, 0.05) is 23.6 Å². The molecule has 0 unspecified atom stereocenters. The molecule has 2 aromatic rings. The summed E-state index contributed by atoms with van der Waals surface area (Å²) in [7, 11) is 0. The van der Waals surface area contributed by atoms with Crippen LogP contribution < -0.4 is 4.74 Å². The van der Waals surface area contributed by atoms with E-state index in [9.17, 15) is 0 Å². The number of benzene rings is 1. The molecule has 0 saturated carbocycles. The van der Waals surface area contributed by atoms with Gasteiger partial charge in [-0.3, -0.25) is 0 Å². The van der Waals surface area contributed by atoms with Gasteiger partial charge in [-0.2, -0.15) is 0 Å². The van der Waals surface area contributed by atoms with Crippen molar-refractivity contribution in [2.75, 3.05) is 19.8 Å². The smallest absolute Gasteiger partial charge is 0.216 e. The largest absolute Gasteiger partial charge is 0.493 e. The Kier molecular flexibility index (Phi) is 6.19. The van der Waals surface area contributed by atoms with Gasteiger partial charge in [-0.15, -0.1) is 0 Å². The second-order valence-corrected chi connectivity index (χ2v) is 8.09. The maximum atomic E-state index is 6.12. The topological polar surface area (TPSA) is 56.9 Å². The number of aryl methyl sites for hydroxylation is 2. The van der Waals surface area contributed by atoms with Crippen molar-refractivity contribution in [1.82, 2.24) is 5.16 Å². The van der Waals surface area contributed by atoms with Gasteiger partial charge >= 0.3 is 0 Å². The van der Waals surface area contributed by atoms with Crippen LogP contribution in [0, 0.1) is 6.92 Å². The second kappa shape index (κ2) is 8.59. The second-order valence-electron chi connectivity index (χ2n) is 8.09. The van der Waals surface area contributed by atoms with Gasteiger partial charge in [-0.05, 0) is 49.8 Å². The van der Waals surface area contributed by atoms with Crippen molar-refractivity contribution in [3.8, 4) is 5.75 Å². The third-order valence-corrected chi connectivity index (χ3v) is 4.62. The summed E-state index contributed by atoms with van der Waals surface area (Å²) in [4.78, 5) is 4.42. The summed E-state index contributed by atoms with van der Waals surface area (Å²) in [5, 5.41) is 3.92. The Balaban J connectivity index is 1.52. The molecule has 1 aliphatic rings. The zero-order valence-corrected chi connectivity index (χ0v) is 16.9. The van der Waals surface area contributed by atoms with E-state index in [1.807, 2.05) is 19.1 Å². The molecule has 0 N–H and O–H groups in total. The van der Waals surface area contributed by atoms with Crippen LogP contribution in [0.25, 0.3) is 0 Å². The number of hydrogen-bond donors (Lipinski definition) is 0. The number of ether oxygens (including phenoxy) is 2. The predicted molar refractivity (Wildman–Crippen MR) is 107 cm³/mol. The third kappa shape index (κ3) is 5.34. The van der Waals surface area contributed by atoms with E-state index in [0.29, 0.717) is 6.61 Å². The maximum absolute atomic E-state index is 6.12. The Bertz CT molecular complexity index is 787. The van der Waals surface area contributed by atoms with Gasteiger partial charge < -0.3 is 14.0 Å². The monoisotopic (exact) mass is 370 g/mol. The Labute approximate surface area is 161 Å². The normalized spacial score (nSPS) is 14.1. The number of aromatic nitrogens is 1. The Morgan fingerprint density at radius 3 is 2.63 bits per heavy atom. The molecule has 5 nitrogen and oxygen atoms in total. The zero-order valence-electron chi connectivity index (χ0n) is 16.9. The highest BCUT2D eigenvalue weighted by Crippen LogP contribution is 2.33. The van der Waals surface area contributed by atoms with Gasteiger partial charge in [0.25, 0.3) is 0 Å². The number of hydrogen-bond acceptors (Lipinski definition) is 5. The molecule has 0 spiro atoms. The Morgan fingerprint density at radius 1 is 1.11 bits per heavy atom. The molecular weight excluding hydrogens is 340 g/mol. The molecule has 1 aromatic carbocycles. The Hall–Kier alpha value is -2.30. The van der Waals surface area contributed by atoms with Crippen molar-refractivity contribution < 1.29 is 14.0 Å². The van der Waals surface area contributed by atoms with Gasteiger partial charge in [0.1, 0.15) is 18.1 Å². The van der Waals surface area contributed by atoms with Crippen LogP contribution in [-0.2, 0) is 16.6 Å². The molecule has 0 aliphatic carbocycles. The standard InChI is InChI=1S/C22H30N2O3/c1-16-14-18(27-24-16)8-6-5-7-12-25-20-10-9-17(21-23-11-13-26-21)15-19(20)22(2,3)4/h9-10,14-15H,5-8,11-13H2,1-4H3. The van der Waals surface area contributed by atoms with Crippen LogP contribution in [0.2, 0.25) is 0 Å². The van der Waals surface area contributed by atoms with E-state index in [1.165, 1.54) is 5.56 Å². The molecule has 3 rings (SSSR count). The maximum Gasteiger partial charge on any atom is 0.216 e. The lowest BCUT2D eigenvalue weighted by Gasteiger charge is -2.23. The molecule has 27 heavy (non-hydrogen) atoms. The number of nitrogens with zero attached hydrogens (tertiary/aromatic N) is 2. The molecule has 1 aliphatic heterocycles. The van der Waals surface area contributed by atoms with Crippen molar-refractivity contribution >= 4 is 5.90 Å². The lowest BCUT2D eigenvalue weighted by atomic mass is 9.85. The molecule has 0 bridgehead atoms. The highest BCUT2D eigenvalue weighted by atomic mass is 16.5. The fourth-order valence-corrected chi connectivity index (χ4v) is 3.18. The van der Waals surface area contributed by atoms with Gasteiger partial charge in [0.15, 0.2) is 0 Å². The summed E-state index contributed by atoms with van der Waals surface area (Å²) in [6.45, 7) is 10.7. The van der Waals surface area contributed by atoms with Gasteiger partial charge in [-0.1, -0.05) is 25.9 Å². The van der Waals surface area contributed by atoms with Crippen LogP contribution in [-0.4, -0.2) is 30.8 Å². The molecule has 0 radical (unpaired) electrons. The fraction of sp³-hybridized carbons (Fsp3) is 0.545. The summed E-state index contributed by atoms with van der Waals surface area (Å²) >= 11 is 0. The van der Waals surface area contributed by atoms with Crippen LogP contribution in [0.4, 0.5) is 0 Å². The summed E-state index contributed by atoms with van der Waals surface area (Å²) in [5.41, 5.74) is 3.16. The average Bonchev–Trinajstić information content (AvgIpc) is 3.29. The van der Waals surface area contributed by atoms with E-state index < -0.39 is 0 Å². The van der Waals surface area contributed by atoms with Crippen LogP contribution in [0.5, 0.6) is 5.75 Å². The van der Waals surface area contributed by atoms with Crippen molar-refractivity contribution in [2.45, 2.75) is 58.8 Å². The van der Waals surface area contributed by atoms with Crippen LogP contribution in [0.15, 0.2) is 33.8 Å². The molecule has 2 heterocycles. The summed E-state index contributed by atoms with van der Waals surface area (Å²) in [6.07, 6.45) is 4.15. The van der Waals surface area contributed by atoms with Crippen molar-refractivity contribution in [3.63, 3.8) is 0 Å². The van der Waals surface area contributed by atoms with Crippen molar-refractivity contribution in [2.24, 2.45) is 4.99 Å². The van der Waals surface area contributed by atoms with E-state index in [4.69, 9.17) is 14.0 Å². The van der Waals surface area contributed by atoms with Crippen molar-refractivity contribution in [1.29, 1.82) is 0 Å². The van der Waals surface area contributed by atoms with Crippen LogP contribution in [0.3, 0.4) is 0 Å². The quantitative estimate of drug-likeness (QED) is 0.623. The zero-order chi connectivity index (χ0) is 19.3. The summed E-state index contributed by atoms with van der Waals surface area (Å²) in [5.74, 6) is 2.67. The van der Waals surface area contributed by atoms with E-state index >= 15 is 0 Å². The number of aliphatic imine (C=N–C) groups is 1. The fourth-order valence-electron chi connectivity index (χ4n) is 3.18. The average molecular weight is 370 g/mol. The first kappa shape index (κ1) is 19.5. The first-order valence-corrected chi connectivity index (χ1v) is 9.80. The molecule has 0 amide bonds. The number of unbranched alkanes of at least 4 members (excludes halogenated alkanes) is 2.